The quantitative estimate of drug-likeness (QED) is 0.837. The Kier molecular flexibility index (Phi) is 5.08. The van der Waals surface area contributed by atoms with Crippen molar-refractivity contribution >= 4 is 28.9 Å². The summed E-state index contributed by atoms with van der Waals surface area (Å²) in [7, 11) is 2.12. The average Bonchev–Trinajstić information content (AvgIpc) is 2.40. The second-order valence-electron chi connectivity index (χ2n) is 5.84. The molecule has 21 heavy (non-hydrogen) atoms. The average molecular weight is 311 g/mol. The van der Waals surface area contributed by atoms with Gasteiger partial charge in [0.2, 0.25) is 5.91 Å². The largest absolute Gasteiger partial charge is 0.397 e. The summed E-state index contributed by atoms with van der Waals surface area (Å²) in [4.78, 5) is 16.7. The summed E-state index contributed by atoms with van der Waals surface area (Å²) >= 11 is 5.92. The number of nitrogens with two attached hydrogens (primary N) is 1. The monoisotopic (exact) mass is 310 g/mol. The van der Waals surface area contributed by atoms with E-state index in [4.69, 9.17) is 17.3 Å². The Morgan fingerprint density at radius 1 is 1.38 bits per heavy atom. The normalized spacial score (nSPS) is 24.0. The van der Waals surface area contributed by atoms with Gasteiger partial charge in [-0.3, -0.25) is 14.6 Å². The molecule has 0 radical (unpaired) electrons. The first-order valence-electron chi connectivity index (χ1n) is 7.16. The summed E-state index contributed by atoms with van der Waals surface area (Å²) in [5, 5.41) is 3.39. The van der Waals surface area contributed by atoms with Crippen molar-refractivity contribution in [3.63, 3.8) is 0 Å². The highest BCUT2D eigenvalue weighted by Crippen LogP contribution is 2.23. The fourth-order valence-corrected chi connectivity index (χ4v) is 2.84. The van der Waals surface area contributed by atoms with Crippen LogP contribution in [0.3, 0.4) is 0 Å². The van der Waals surface area contributed by atoms with E-state index >= 15 is 0 Å². The number of amides is 1. The highest BCUT2D eigenvalue weighted by molar-refractivity contribution is 6.31. The van der Waals surface area contributed by atoms with Crippen LogP contribution in [0.1, 0.15) is 13.8 Å². The molecule has 0 bridgehead atoms. The number of nitrogen functional groups attached to an aromatic ring is 1. The molecule has 0 spiro atoms. The zero-order valence-electron chi connectivity index (χ0n) is 12.8. The minimum atomic E-state index is -0.0621. The molecule has 0 saturated carbocycles. The lowest BCUT2D eigenvalue weighted by atomic mass is 10.1. The van der Waals surface area contributed by atoms with Gasteiger partial charge in [-0.15, -0.1) is 0 Å². The van der Waals surface area contributed by atoms with Crippen LogP contribution >= 0.6 is 11.6 Å². The third kappa shape index (κ3) is 4.09. The van der Waals surface area contributed by atoms with Crippen LogP contribution in [-0.4, -0.2) is 54.5 Å². The Morgan fingerprint density at radius 2 is 2.00 bits per heavy atom. The number of likely N-dealkylation sites (N-methyl/N-ethyl adjacent to an activating group) is 1. The molecule has 116 valence electrons. The number of piperazine rings is 1. The van der Waals surface area contributed by atoms with Crippen LogP contribution in [-0.2, 0) is 4.79 Å². The van der Waals surface area contributed by atoms with Crippen LogP contribution in [0.5, 0.6) is 0 Å². The van der Waals surface area contributed by atoms with Gasteiger partial charge in [0.1, 0.15) is 0 Å². The lowest BCUT2D eigenvalue weighted by molar-refractivity contribution is -0.118. The van der Waals surface area contributed by atoms with E-state index in [0.717, 1.165) is 13.1 Å². The molecule has 2 unspecified atom stereocenters. The third-order valence-electron chi connectivity index (χ3n) is 4.09. The zero-order chi connectivity index (χ0) is 15.6. The van der Waals surface area contributed by atoms with Gasteiger partial charge in [-0.05, 0) is 39.1 Å². The number of nitrogens with one attached hydrogen (secondary N) is 1. The summed E-state index contributed by atoms with van der Waals surface area (Å²) in [5.74, 6) is -0.0621. The Hall–Kier alpha value is -1.30. The maximum absolute atomic E-state index is 12.2. The topological polar surface area (TPSA) is 61.6 Å². The van der Waals surface area contributed by atoms with E-state index < -0.39 is 0 Å². The van der Waals surface area contributed by atoms with Crippen LogP contribution < -0.4 is 11.1 Å². The van der Waals surface area contributed by atoms with Crippen molar-refractivity contribution in [1.82, 2.24) is 9.80 Å². The molecule has 5 nitrogen and oxygen atoms in total. The molecule has 2 rings (SSSR count). The van der Waals surface area contributed by atoms with E-state index in [1.807, 2.05) is 0 Å². The zero-order valence-corrected chi connectivity index (χ0v) is 13.5. The van der Waals surface area contributed by atoms with Gasteiger partial charge in [-0.1, -0.05) is 11.6 Å². The molecule has 3 N–H and O–H groups in total. The standard InChI is InChI=1S/C15H23ClN4O/c1-10-7-20(8-11(2)19(10)3)9-15(21)18-14-6-12(16)4-5-13(14)17/h4-6,10-11H,7-9,17H2,1-3H3,(H,18,21). The minimum absolute atomic E-state index is 0.0621. The number of benzene rings is 1. The minimum Gasteiger partial charge on any atom is -0.397 e. The predicted octanol–water partition coefficient (Wildman–Crippen LogP) is 1.89. The first-order valence-corrected chi connectivity index (χ1v) is 7.53. The lowest BCUT2D eigenvalue weighted by Crippen LogP contribution is -2.56. The van der Waals surface area contributed by atoms with Crippen molar-refractivity contribution in [2.24, 2.45) is 0 Å². The van der Waals surface area contributed by atoms with Crippen LogP contribution in [0.25, 0.3) is 0 Å². The third-order valence-corrected chi connectivity index (χ3v) is 4.33. The molecule has 1 heterocycles. The van der Waals surface area contributed by atoms with Crippen molar-refractivity contribution in [2.45, 2.75) is 25.9 Å². The van der Waals surface area contributed by atoms with Crippen molar-refractivity contribution in [3.05, 3.63) is 23.2 Å². The smallest absolute Gasteiger partial charge is 0.238 e. The second kappa shape index (κ2) is 6.64. The Balaban J connectivity index is 1.94. The molecule has 1 aromatic rings. The van der Waals surface area contributed by atoms with E-state index in [-0.39, 0.29) is 5.91 Å². The van der Waals surface area contributed by atoms with Gasteiger partial charge in [-0.2, -0.15) is 0 Å². The van der Waals surface area contributed by atoms with E-state index in [9.17, 15) is 4.79 Å². The highest BCUT2D eigenvalue weighted by Gasteiger charge is 2.27. The Bertz CT molecular complexity index is 510. The van der Waals surface area contributed by atoms with Crippen LogP contribution in [0, 0.1) is 0 Å². The molecule has 1 aromatic carbocycles. The first kappa shape index (κ1) is 16.1. The molecule has 1 saturated heterocycles. The van der Waals surface area contributed by atoms with Crippen molar-refractivity contribution in [3.8, 4) is 0 Å². The number of rotatable bonds is 3. The predicted molar refractivity (Wildman–Crippen MR) is 87.6 cm³/mol. The fraction of sp³-hybridized carbons (Fsp3) is 0.533. The number of hydrogen-bond acceptors (Lipinski definition) is 4. The summed E-state index contributed by atoms with van der Waals surface area (Å²) in [6.07, 6.45) is 0. The number of hydrogen-bond donors (Lipinski definition) is 2. The van der Waals surface area contributed by atoms with Crippen molar-refractivity contribution < 1.29 is 4.79 Å². The highest BCUT2D eigenvalue weighted by atomic mass is 35.5. The van der Waals surface area contributed by atoms with Crippen LogP contribution in [0.4, 0.5) is 11.4 Å². The lowest BCUT2D eigenvalue weighted by Gasteiger charge is -2.42. The first-order chi connectivity index (χ1) is 9.86. The van der Waals surface area contributed by atoms with E-state index in [1.54, 1.807) is 18.2 Å². The van der Waals surface area contributed by atoms with Gasteiger partial charge in [0.15, 0.2) is 0 Å². The molecule has 1 fully saturated rings. The molecule has 0 aliphatic carbocycles. The summed E-state index contributed by atoms with van der Waals surface area (Å²) in [5.41, 5.74) is 6.93. The Labute approximate surface area is 131 Å². The number of carbonyl (C=O) groups excluding carboxylic acids is 1. The summed E-state index contributed by atoms with van der Waals surface area (Å²) < 4.78 is 0. The van der Waals surface area contributed by atoms with Gasteiger partial charge >= 0.3 is 0 Å². The molecule has 1 amide bonds. The van der Waals surface area contributed by atoms with Gasteiger partial charge in [0.25, 0.3) is 0 Å². The Morgan fingerprint density at radius 3 is 2.62 bits per heavy atom. The molecule has 6 heteroatoms. The number of carbonyl (C=O) groups is 1. The van der Waals surface area contributed by atoms with Gasteiger partial charge in [0, 0.05) is 30.2 Å². The second-order valence-corrected chi connectivity index (χ2v) is 6.27. The molecular formula is C15H23ClN4O. The number of halogens is 1. The summed E-state index contributed by atoms with van der Waals surface area (Å²) in [6.45, 7) is 6.50. The summed E-state index contributed by atoms with van der Waals surface area (Å²) in [6, 6.07) is 5.95. The number of nitrogens with zero attached hydrogens (tertiary/aromatic N) is 2. The number of anilines is 2. The maximum atomic E-state index is 12.2. The fourth-order valence-electron chi connectivity index (χ4n) is 2.67. The SMILES string of the molecule is CC1CN(CC(=O)Nc2cc(Cl)ccc2N)CC(C)N1C. The molecular weight excluding hydrogens is 288 g/mol. The van der Waals surface area contributed by atoms with E-state index in [0.29, 0.717) is 35.0 Å². The molecule has 1 aliphatic rings. The van der Waals surface area contributed by atoms with Crippen LogP contribution in [0.2, 0.25) is 5.02 Å². The van der Waals surface area contributed by atoms with E-state index in [1.165, 1.54) is 0 Å². The van der Waals surface area contributed by atoms with Crippen molar-refractivity contribution in [2.75, 3.05) is 37.7 Å². The van der Waals surface area contributed by atoms with Gasteiger partial charge in [-0.25, -0.2) is 0 Å². The van der Waals surface area contributed by atoms with Crippen LogP contribution in [0.15, 0.2) is 18.2 Å². The van der Waals surface area contributed by atoms with Gasteiger partial charge < -0.3 is 11.1 Å². The molecule has 0 aromatic heterocycles. The molecule has 1 aliphatic heterocycles. The van der Waals surface area contributed by atoms with Crippen molar-refractivity contribution in [1.29, 1.82) is 0 Å². The van der Waals surface area contributed by atoms with E-state index in [2.05, 4.69) is 36.0 Å². The van der Waals surface area contributed by atoms with Gasteiger partial charge in [0.05, 0.1) is 17.9 Å². The maximum Gasteiger partial charge on any atom is 0.238 e. The molecule has 2 atom stereocenters.